The van der Waals surface area contributed by atoms with Crippen molar-refractivity contribution in [2.24, 2.45) is 5.41 Å². The average molecular weight is 142 g/mol. The highest BCUT2D eigenvalue weighted by molar-refractivity contribution is 5.85. The summed E-state index contributed by atoms with van der Waals surface area (Å²) in [6.45, 7) is 5.01. The lowest BCUT2D eigenvalue weighted by Crippen LogP contribution is -2.33. The summed E-state index contributed by atoms with van der Waals surface area (Å²) < 4.78 is 9.99. The molecule has 0 aliphatic carbocycles. The zero-order chi connectivity index (χ0) is 7.41. The number of epoxide rings is 1. The molecule has 2 aliphatic heterocycles. The maximum Gasteiger partial charge on any atom is 0.341 e. The quantitative estimate of drug-likeness (QED) is 0.361. The van der Waals surface area contributed by atoms with Gasteiger partial charge in [-0.05, 0) is 0 Å². The summed E-state index contributed by atoms with van der Waals surface area (Å²) in [7, 11) is 0. The molecule has 10 heavy (non-hydrogen) atoms. The number of esters is 1. The van der Waals surface area contributed by atoms with E-state index in [0.717, 1.165) is 0 Å². The molecule has 2 rings (SSSR count). The second-order valence-electron chi connectivity index (χ2n) is 3.58. The van der Waals surface area contributed by atoms with Crippen LogP contribution in [0.4, 0.5) is 0 Å². The molecule has 1 unspecified atom stereocenters. The Bertz CT molecular complexity index is 191. The molecule has 56 valence electrons. The first-order chi connectivity index (χ1) is 4.58. The van der Waals surface area contributed by atoms with Crippen LogP contribution in [0.3, 0.4) is 0 Å². The van der Waals surface area contributed by atoms with Crippen LogP contribution < -0.4 is 0 Å². The van der Waals surface area contributed by atoms with Crippen molar-refractivity contribution in [3.63, 3.8) is 0 Å². The summed E-state index contributed by atoms with van der Waals surface area (Å²) in [5.74, 6) is -0.183. The fourth-order valence-corrected chi connectivity index (χ4v) is 1.34. The Morgan fingerprint density at radius 1 is 1.40 bits per heavy atom. The highest BCUT2D eigenvalue weighted by Crippen LogP contribution is 2.49. The number of hydrogen-bond donors (Lipinski definition) is 0. The summed E-state index contributed by atoms with van der Waals surface area (Å²) >= 11 is 0. The molecule has 0 N–H and O–H groups in total. The third kappa shape index (κ3) is 0.475. The second-order valence-corrected chi connectivity index (χ2v) is 3.58. The minimum Gasteiger partial charge on any atom is -0.463 e. The van der Waals surface area contributed by atoms with Crippen molar-refractivity contribution < 1.29 is 14.3 Å². The van der Waals surface area contributed by atoms with Crippen molar-refractivity contribution in [3.05, 3.63) is 0 Å². The number of cyclic esters (lactones) is 1. The van der Waals surface area contributed by atoms with E-state index in [1.54, 1.807) is 0 Å². The number of carbonyl (C=O) groups excluding carboxylic acids is 1. The van der Waals surface area contributed by atoms with Gasteiger partial charge < -0.3 is 9.47 Å². The molecule has 0 amide bonds. The van der Waals surface area contributed by atoms with Gasteiger partial charge in [-0.2, -0.15) is 0 Å². The van der Waals surface area contributed by atoms with E-state index >= 15 is 0 Å². The normalized spacial score (nSPS) is 42.0. The van der Waals surface area contributed by atoms with E-state index in [-0.39, 0.29) is 11.4 Å². The largest absolute Gasteiger partial charge is 0.463 e. The molecule has 2 saturated heterocycles. The Morgan fingerprint density at radius 3 is 2.20 bits per heavy atom. The van der Waals surface area contributed by atoms with Crippen molar-refractivity contribution in [3.8, 4) is 0 Å². The molecule has 3 nitrogen and oxygen atoms in total. The van der Waals surface area contributed by atoms with Crippen molar-refractivity contribution in [2.45, 2.75) is 19.4 Å². The molecular formula is C7H10O3. The monoisotopic (exact) mass is 142 g/mol. The molecule has 2 fully saturated rings. The number of ether oxygens (including phenoxy) is 2. The number of carbonyl (C=O) groups is 1. The predicted molar refractivity (Wildman–Crippen MR) is 33.4 cm³/mol. The van der Waals surface area contributed by atoms with Gasteiger partial charge in [0.25, 0.3) is 0 Å². The van der Waals surface area contributed by atoms with Crippen LogP contribution in [0.15, 0.2) is 0 Å². The van der Waals surface area contributed by atoms with E-state index in [4.69, 9.17) is 9.47 Å². The van der Waals surface area contributed by atoms with Gasteiger partial charge in [0.05, 0.1) is 13.2 Å². The zero-order valence-electron chi connectivity index (χ0n) is 6.14. The maximum atomic E-state index is 11.0. The van der Waals surface area contributed by atoms with Gasteiger partial charge in [0.2, 0.25) is 0 Å². The van der Waals surface area contributed by atoms with E-state index in [9.17, 15) is 4.79 Å². The zero-order valence-corrected chi connectivity index (χ0v) is 6.14. The van der Waals surface area contributed by atoms with Crippen LogP contribution in [0, 0.1) is 5.41 Å². The van der Waals surface area contributed by atoms with E-state index < -0.39 is 5.60 Å². The molecule has 0 bridgehead atoms. The van der Waals surface area contributed by atoms with Crippen LogP contribution in [0.5, 0.6) is 0 Å². The first kappa shape index (κ1) is 6.16. The molecule has 2 heterocycles. The van der Waals surface area contributed by atoms with E-state index in [2.05, 4.69) is 0 Å². The van der Waals surface area contributed by atoms with Crippen molar-refractivity contribution >= 4 is 5.97 Å². The Morgan fingerprint density at radius 2 is 2.00 bits per heavy atom. The van der Waals surface area contributed by atoms with Gasteiger partial charge in [-0.15, -0.1) is 0 Å². The third-order valence-corrected chi connectivity index (χ3v) is 2.42. The summed E-state index contributed by atoms with van der Waals surface area (Å²) in [4.78, 5) is 11.0. The number of rotatable bonds is 0. The van der Waals surface area contributed by atoms with Crippen LogP contribution in [-0.4, -0.2) is 24.8 Å². The van der Waals surface area contributed by atoms with Crippen LogP contribution in [-0.2, 0) is 14.3 Å². The summed E-state index contributed by atoms with van der Waals surface area (Å²) in [6.07, 6.45) is 0. The van der Waals surface area contributed by atoms with Gasteiger partial charge in [-0.25, -0.2) is 4.79 Å². The molecule has 0 aromatic carbocycles. The lowest BCUT2D eigenvalue weighted by atomic mass is 9.82. The van der Waals surface area contributed by atoms with Crippen LogP contribution in [0.25, 0.3) is 0 Å². The fraction of sp³-hybridized carbons (Fsp3) is 0.857. The molecule has 0 aromatic heterocycles. The highest BCUT2D eigenvalue weighted by Gasteiger charge is 2.68. The number of hydrogen-bond acceptors (Lipinski definition) is 3. The first-order valence-electron chi connectivity index (χ1n) is 3.40. The SMILES string of the molecule is CC1(C)COC(=O)C12CO2. The van der Waals surface area contributed by atoms with Gasteiger partial charge in [-0.3, -0.25) is 0 Å². The van der Waals surface area contributed by atoms with Crippen molar-refractivity contribution in [1.82, 2.24) is 0 Å². The second kappa shape index (κ2) is 1.37. The first-order valence-corrected chi connectivity index (χ1v) is 3.40. The minimum atomic E-state index is -0.562. The minimum absolute atomic E-state index is 0.121. The lowest BCUT2D eigenvalue weighted by molar-refractivity contribution is -0.142. The summed E-state index contributed by atoms with van der Waals surface area (Å²) in [6, 6.07) is 0. The van der Waals surface area contributed by atoms with Crippen molar-refractivity contribution in [2.75, 3.05) is 13.2 Å². The molecule has 0 aromatic rings. The highest BCUT2D eigenvalue weighted by atomic mass is 16.7. The summed E-state index contributed by atoms with van der Waals surface area (Å²) in [5, 5.41) is 0. The lowest BCUT2D eigenvalue weighted by Gasteiger charge is -2.16. The smallest absolute Gasteiger partial charge is 0.341 e. The Kier molecular flexibility index (Phi) is 0.844. The predicted octanol–water partition coefficient (Wildman–Crippen LogP) is 0.338. The van der Waals surface area contributed by atoms with Gasteiger partial charge in [0, 0.05) is 5.41 Å². The topological polar surface area (TPSA) is 38.8 Å². The van der Waals surface area contributed by atoms with Gasteiger partial charge >= 0.3 is 5.97 Å². The Labute approximate surface area is 59.3 Å². The molecule has 2 aliphatic rings. The third-order valence-electron chi connectivity index (χ3n) is 2.42. The van der Waals surface area contributed by atoms with E-state index in [1.807, 2.05) is 13.8 Å². The molecule has 0 saturated carbocycles. The average Bonchev–Trinajstić information content (AvgIpc) is 2.58. The standard InChI is InChI=1S/C7H10O3/c1-6(2)3-9-5(8)7(6)4-10-7/h3-4H2,1-2H3. The van der Waals surface area contributed by atoms with Gasteiger partial charge in [0.1, 0.15) is 0 Å². The van der Waals surface area contributed by atoms with E-state index in [1.165, 1.54) is 0 Å². The molecular weight excluding hydrogens is 132 g/mol. The van der Waals surface area contributed by atoms with Crippen LogP contribution in [0.1, 0.15) is 13.8 Å². The molecule has 0 radical (unpaired) electrons. The van der Waals surface area contributed by atoms with Gasteiger partial charge in [-0.1, -0.05) is 13.8 Å². The fourth-order valence-electron chi connectivity index (χ4n) is 1.34. The Hall–Kier alpha value is -0.570. The van der Waals surface area contributed by atoms with E-state index in [0.29, 0.717) is 13.2 Å². The van der Waals surface area contributed by atoms with Crippen LogP contribution in [0.2, 0.25) is 0 Å². The summed E-state index contributed by atoms with van der Waals surface area (Å²) in [5.41, 5.74) is -0.683. The molecule has 1 atom stereocenters. The van der Waals surface area contributed by atoms with Gasteiger partial charge in [0.15, 0.2) is 5.60 Å². The molecule has 1 spiro atoms. The molecule has 3 heteroatoms. The maximum absolute atomic E-state index is 11.0. The van der Waals surface area contributed by atoms with Crippen molar-refractivity contribution in [1.29, 1.82) is 0 Å². The Balaban J connectivity index is 2.35. The van der Waals surface area contributed by atoms with Crippen LogP contribution >= 0.6 is 0 Å².